The van der Waals surface area contributed by atoms with Crippen molar-refractivity contribution in [1.29, 1.82) is 0 Å². The number of benzene rings is 2. The van der Waals surface area contributed by atoms with E-state index in [9.17, 15) is 22.7 Å². The quantitative estimate of drug-likeness (QED) is 0.410. The van der Waals surface area contributed by atoms with E-state index in [1.165, 1.54) is 29.2 Å². The fourth-order valence-electron chi connectivity index (χ4n) is 5.08. The summed E-state index contributed by atoms with van der Waals surface area (Å²) in [5, 5.41) is 16.4. The van der Waals surface area contributed by atoms with E-state index in [4.69, 9.17) is 5.10 Å². The Labute approximate surface area is 208 Å². The molecule has 0 spiro atoms. The van der Waals surface area contributed by atoms with Gasteiger partial charge in [-0.05, 0) is 62.9 Å². The van der Waals surface area contributed by atoms with Gasteiger partial charge >= 0.3 is 0 Å². The number of carbonyl (C=O) groups excluding carboxylic acids is 1. The molecule has 1 aliphatic rings. The molecule has 0 atom stereocenters. The van der Waals surface area contributed by atoms with E-state index >= 15 is 0 Å². The fraction of sp³-hybridized carbons (Fsp3) is 0.308. The van der Waals surface area contributed by atoms with Gasteiger partial charge in [-0.1, -0.05) is 18.2 Å². The van der Waals surface area contributed by atoms with Crippen molar-refractivity contribution in [2.24, 2.45) is 5.92 Å². The molecule has 5 rings (SSSR count). The molecule has 2 aromatic heterocycles. The van der Waals surface area contributed by atoms with Crippen LogP contribution in [0.5, 0.6) is 0 Å². The third-order valence-corrected chi connectivity index (χ3v) is 8.68. The number of hydrogen-bond donors (Lipinski definition) is 0. The van der Waals surface area contributed by atoms with Crippen LogP contribution in [0.15, 0.2) is 59.6 Å². The number of fused-ring (bicyclic) bond motifs is 1. The molecule has 0 saturated carbocycles. The maximum atomic E-state index is 14.3. The Morgan fingerprint density at radius 2 is 1.81 bits per heavy atom. The van der Waals surface area contributed by atoms with Gasteiger partial charge in [-0.25, -0.2) is 16.8 Å². The maximum Gasteiger partial charge on any atom is 0.268 e. The molecule has 10 heteroatoms. The lowest BCUT2D eigenvalue weighted by molar-refractivity contribution is -0.266. The minimum atomic E-state index is -3.96. The van der Waals surface area contributed by atoms with E-state index < -0.39 is 21.9 Å². The Morgan fingerprint density at radius 3 is 2.47 bits per heavy atom. The van der Waals surface area contributed by atoms with Crippen LogP contribution in [-0.2, 0) is 16.6 Å². The second-order valence-corrected chi connectivity index (χ2v) is 11.1. The van der Waals surface area contributed by atoms with Gasteiger partial charge in [0, 0.05) is 48.0 Å². The molecule has 1 aliphatic heterocycles. The first kappa shape index (κ1) is 24.1. The second-order valence-electron chi connectivity index (χ2n) is 9.24. The first-order valence-corrected chi connectivity index (χ1v) is 13.2. The number of nitrogens with zero attached hydrogens (tertiary/aromatic N) is 4. The van der Waals surface area contributed by atoms with Gasteiger partial charge in [0.05, 0.1) is 16.1 Å². The highest BCUT2D eigenvalue weighted by molar-refractivity contribution is 7.90. The van der Waals surface area contributed by atoms with E-state index in [0.29, 0.717) is 30.6 Å². The average Bonchev–Trinajstić information content (AvgIpc) is 3.36. The van der Waals surface area contributed by atoms with E-state index in [-0.39, 0.29) is 16.3 Å². The summed E-state index contributed by atoms with van der Waals surface area (Å²) in [5.41, 5.74) is 3.34. The standard InChI is InChI=1S/C26H27FN4O4S/c1-17-25(18(2)30(28-17)15-19-10-12-29(13-11-19)26(32)33)23-16-31(24-14-20(27)8-9-22(23)24)36(34,35)21-6-4-3-5-7-21/h3-9,14,16,19H,10-13,15H2,1-2H3,(H,32,33)/p-1. The number of hydrogen-bond acceptors (Lipinski definition) is 5. The van der Waals surface area contributed by atoms with E-state index in [2.05, 4.69) is 0 Å². The lowest BCUT2D eigenvalue weighted by atomic mass is 9.97. The molecule has 0 N–H and O–H groups in total. The zero-order chi connectivity index (χ0) is 25.6. The van der Waals surface area contributed by atoms with Crippen molar-refractivity contribution in [2.75, 3.05) is 13.1 Å². The van der Waals surface area contributed by atoms with Crippen LogP contribution >= 0.6 is 0 Å². The molecule has 0 radical (unpaired) electrons. The van der Waals surface area contributed by atoms with Crippen LogP contribution in [-0.4, -0.2) is 46.3 Å². The Balaban J connectivity index is 1.56. The Hall–Kier alpha value is -3.66. The maximum absolute atomic E-state index is 14.3. The zero-order valence-corrected chi connectivity index (χ0v) is 20.8. The molecule has 1 fully saturated rings. The summed E-state index contributed by atoms with van der Waals surface area (Å²) in [7, 11) is -3.96. The molecule has 1 saturated heterocycles. The third-order valence-electron chi connectivity index (χ3n) is 6.99. The summed E-state index contributed by atoms with van der Waals surface area (Å²) in [6, 6.07) is 12.2. The Bertz CT molecular complexity index is 1550. The number of piperidine rings is 1. The number of aromatic nitrogens is 3. The smallest absolute Gasteiger partial charge is 0.268 e. The zero-order valence-electron chi connectivity index (χ0n) is 20.0. The van der Waals surface area contributed by atoms with Gasteiger partial charge in [0.1, 0.15) is 11.9 Å². The lowest BCUT2D eigenvalue weighted by Crippen LogP contribution is -2.46. The molecule has 4 aromatic rings. The number of rotatable bonds is 5. The van der Waals surface area contributed by atoms with Crippen LogP contribution in [0.2, 0.25) is 0 Å². The van der Waals surface area contributed by atoms with Crippen LogP contribution in [0, 0.1) is 25.6 Å². The average molecular weight is 510 g/mol. The van der Waals surface area contributed by atoms with Crippen LogP contribution < -0.4 is 5.11 Å². The number of halogens is 1. The summed E-state index contributed by atoms with van der Waals surface area (Å²) < 4.78 is 44.3. The van der Waals surface area contributed by atoms with Crippen molar-refractivity contribution in [2.45, 2.75) is 38.1 Å². The van der Waals surface area contributed by atoms with Crippen molar-refractivity contribution in [1.82, 2.24) is 18.7 Å². The van der Waals surface area contributed by atoms with Crippen LogP contribution in [0.3, 0.4) is 0 Å². The third kappa shape index (κ3) is 4.15. The van der Waals surface area contributed by atoms with Gasteiger partial charge in [-0.15, -0.1) is 0 Å². The SMILES string of the molecule is Cc1nn(CC2CCN(C(=O)[O-])CC2)c(C)c1-c1cn(S(=O)(=O)c2ccccc2)c2cc(F)ccc12. The minimum absolute atomic E-state index is 0.116. The van der Waals surface area contributed by atoms with Crippen molar-refractivity contribution in [3.63, 3.8) is 0 Å². The highest BCUT2D eigenvalue weighted by atomic mass is 32.2. The molecule has 0 bridgehead atoms. The summed E-state index contributed by atoms with van der Waals surface area (Å²) in [4.78, 5) is 12.5. The first-order valence-electron chi connectivity index (χ1n) is 11.8. The Morgan fingerprint density at radius 1 is 1.11 bits per heavy atom. The molecule has 0 unspecified atom stereocenters. The molecule has 8 nitrogen and oxygen atoms in total. The van der Waals surface area contributed by atoms with Crippen molar-refractivity contribution < 1.29 is 22.7 Å². The van der Waals surface area contributed by atoms with Gasteiger partial charge < -0.3 is 14.8 Å². The normalized spacial score (nSPS) is 15.0. The number of carbonyl (C=O) groups is 1. The van der Waals surface area contributed by atoms with Crippen molar-refractivity contribution in [3.8, 4) is 11.1 Å². The molecule has 188 valence electrons. The largest absolute Gasteiger partial charge is 0.530 e. The fourth-order valence-corrected chi connectivity index (χ4v) is 6.46. The minimum Gasteiger partial charge on any atom is -0.530 e. The predicted octanol–water partition coefficient (Wildman–Crippen LogP) is 3.55. The van der Waals surface area contributed by atoms with Gasteiger partial charge in [0.15, 0.2) is 0 Å². The summed E-state index contributed by atoms with van der Waals surface area (Å²) >= 11 is 0. The first-order chi connectivity index (χ1) is 17.2. The topological polar surface area (TPSA) is 100 Å². The summed E-state index contributed by atoms with van der Waals surface area (Å²) in [6.45, 7) is 5.31. The molecule has 2 aromatic carbocycles. The van der Waals surface area contributed by atoms with E-state index in [1.807, 2.05) is 18.5 Å². The number of likely N-dealkylation sites (tertiary alicyclic amines) is 1. The van der Waals surface area contributed by atoms with Crippen LogP contribution in [0.25, 0.3) is 22.0 Å². The van der Waals surface area contributed by atoms with Gasteiger partial charge in [-0.3, -0.25) is 4.68 Å². The van der Waals surface area contributed by atoms with Gasteiger partial charge in [0.2, 0.25) is 0 Å². The van der Waals surface area contributed by atoms with Crippen molar-refractivity contribution >= 4 is 27.0 Å². The molecular weight excluding hydrogens is 483 g/mol. The monoisotopic (exact) mass is 509 g/mol. The summed E-state index contributed by atoms with van der Waals surface area (Å²) in [6.07, 6.45) is 1.84. The number of carboxylic acid groups (broad SMARTS) is 1. The Kier molecular flexibility index (Phi) is 6.07. The lowest BCUT2D eigenvalue weighted by Gasteiger charge is -2.33. The van der Waals surface area contributed by atoms with Crippen LogP contribution in [0.1, 0.15) is 24.2 Å². The molecule has 0 aliphatic carbocycles. The highest BCUT2D eigenvalue weighted by Gasteiger charge is 2.26. The van der Waals surface area contributed by atoms with Crippen molar-refractivity contribution in [3.05, 3.63) is 71.9 Å². The number of amides is 1. The van der Waals surface area contributed by atoms with Crippen LogP contribution in [0.4, 0.5) is 9.18 Å². The van der Waals surface area contributed by atoms with Gasteiger partial charge in [-0.2, -0.15) is 5.10 Å². The van der Waals surface area contributed by atoms with E-state index in [0.717, 1.165) is 33.8 Å². The molecular formula is C26H26FN4O4S-. The molecule has 36 heavy (non-hydrogen) atoms. The van der Waals surface area contributed by atoms with E-state index in [1.54, 1.807) is 30.5 Å². The second kappa shape index (κ2) is 9.09. The molecule has 1 amide bonds. The predicted molar refractivity (Wildman–Crippen MR) is 131 cm³/mol. The number of aryl methyl sites for hydroxylation is 1. The molecule has 3 heterocycles. The summed E-state index contributed by atoms with van der Waals surface area (Å²) in [5.74, 6) is -0.260. The highest BCUT2D eigenvalue weighted by Crippen LogP contribution is 2.37. The van der Waals surface area contributed by atoms with Gasteiger partial charge in [0.25, 0.3) is 10.0 Å².